The van der Waals surface area contributed by atoms with Crippen molar-refractivity contribution in [2.45, 2.75) is 76.0 Å². The molecule has 14 nitrogen and oxygen atoms in total. The van der Waals surface area contributed by atoms with Crippen molar-refractivity contribution in [3.05, 3.63) is 170 Å². The largest absolute Gasteiger partial charge is 2.00 e. The van der Waals surface area contributed by atoms with Gasteiger partial charge in [0.15, 0.2) is 0 Å². The van der Waals surface area contributed by atoms with Crippen molar-refractivity contribution in [1.29, 1.82) is 0 Å². The number of nitrogens with zero attached hydrogens (tertiary/aromatic N) is 6. The smallest absolute Gasteiger partial charge is 0.550 e. The molecule has 15 heteroatoms. The molecule has 4 aromatic carbocycles. The predicted octanol–water partition coefficient (Wildman–Crippen LogP) is 5.46. The van der Waals surface area contributed by atoms with Gasteiger partial charge in [-0.05, 0) is 49.9 Å². The average Bonchev–Trinajstić information content (AvgIpc) is 3.93. The van der Waals surface area contributed by atoms with Crippen LogP contribution in [-0.2, 0) is 22.7 Å². The van der Waals surface area contributed by atoms with Crippen LogP contribution in [0, 0.1) is 0 Å². The Bertz CT molecular complexity index is 2620. The summed E-state index contributed by atoms with van der Waals surface area (Å²) < 4.78 is 4.16. The van der Waals surface area contributed by atoms with E-state index in [4.69, 9.17) is 9.97 Å². The number of carboxylic acid groups (broad SMARTS) is 2. The Morgan fingerprint density at radius 1 is 0.435 bits per heavy atom. The van der Waals surface area contributed by atoms with Gasteiger partial charge in [-0.15, -0.1) is 0 Å². The number of carboxylic acids is 2. The van der Waals surface area contributed by atoms with Crippen molar-refractivity contribution in [2.75, 3.05) is 0 Å². The van der Waals surface area contributed by atoms with Crippen molar-refractivity contribution in [3.8, 4) is 67.8 Å². The Labute approximate surface area is 430 Å². The molecule has 4 heterocycles. The molecule has 8 rings (SSSR count). The molecule has 4 aromatic heterocycles. The molecule has 0 spiro atoms. The van der Waals surface area contributed by atoms with Gasteiger partial charge in [-0.1, -0.05) is 121 Å². The number of rotatable bonds is 20. The van der Waals surface area contributed by atoms with Gasteiger partial charge in [-0.2, -0.15) is 0 Å². The quantitative estimate of drug-likeness (QED) is 0.0700. The third-order valence-corrected chi connectivity index (χ3v) is 11.3. The van der Waals surface area contributed by atoms with Crippen LogP contribution in [-0.4, -0.2) is 124 Å². The van der Waals surface area contributed by atoms with Crippen molar-refractivity contribution in [2.24, 2.45) is 0 Å². The number of hydrogen-bond acceptors (Lipinski definition) is 12. The van der Waals surface area contributed by atoms with E-state index < -0.39 is 49.2 Å². The normalized spacial score (nSPS) is 12.7. The fourth-order valence-corrected chi connectivity index (χ4v) is 8.13. The summed E-state index contributed by atoms with van der Waals surface area (Å²) in [5.74, 6) is -1.16. The predicted molar refractivity (Wildman–Crippen MR) is 260 cm³/mol. The second-order valence-corrected chi connectivity index (χ2v) is 16.3. The van der Waals surface area contributed by atoms with Crippen molar-refractivity contribution in [1.82, 2.24) is 29.1 Å². The molecule has 0 radical (unpaired) electrons. The van der Waals surface area contributed by atoms with Crippen LogP contribution in [0.3, 0.4) is 0 Å². The zero-order valence-corrected chi connectivity index (χ0v) is 40.2. The molecule has 0 bridgehead atoms. The first-order chi connectivity index (χ1) is 33.0. The van der Waals surface area contributed by atoms with Gasteiger partial charge in [0, 0.05) is 96.0 Å². The van der Waals surface area contributed by atoms with Crippen LogP contribution in [0.15, 0.2) is 170 Å². The van der Waals surface area contributed by atoms with E-state index in [-0.39, 0.29) is 50.6 Å². The topological polar surface area (TPSA) is 223 Å². The molecule has 69 heavy (non-hydrogen) atoms. The fourth-order valence-electron chi connectivity index (χ4n) is 8.13. The number of benzene rings is 4. The first-order valence-corrected chi connectivity index (χ1v) is 22.4. The van der Waals surface area contributed by atoms with Gasteiger partial charge in [-0.25, -0.2) is 9.97 Å². The molecule has 0 aliphatic carbocycles. The maximum Gasteiger partial charge on any atom is 2.00 e. The Hall–Kier alpha value is -6.36. The monoisotopic (exact) mass is 952 g/mol. The van der Waals surface area contributed by atoms with Gasteiger partial charge >= 0.3 is 37.7 Å². The Morgan fingerprint density at radius 3 is 1.04 bits per heavy atom. The second-order valence-electron chi connectivity index (χ2n) is 16.3. The minimum absolute atomic E-state index is 0. The number of carbonyl (C=O) groups excluding carboxylic acids is 2. The van der Waals surface area contributed by atoms with E-state index in [0.717, 1.165) is 67.8 Å². The number of imidazole rings is 2. The van der Waals surface area contributed by atoms with Crippen LogP contribution in [0.25, 0.3) is 67.8 Å². The molecule has 348 valence electrons. The maximum absolute atomic E-state index is 10.7. The summed E-state index contributed by atoms with van der Waals surface area (Å²) in [4.78, 5) is 39.8. The van der Waals surface area contributed by atoms with E-state index in [9.17, 15) is 40.2 Å². The molecule has 0 amide bonds. The number of pyridine rings is 2. The zero-order chi connectivity index (χ0) is 47.8. The minimum Gasteiger partial charge on any atom is -0.550 e. The molecule has 0 aliphatic rings. The van der Waals surface area contributed by atoms with Crippen molar-refractivity contribution < 1.29 is 40.2 Å². The molecule has 0 fully saturated rings. The van der Waals surface area contributed by atoms with E-state index in [1.54, 1.807) is 24.8 Å². The van der Waals surface area contributed by atoms with Gasteiger partial charge in [0.05, 0.1) is 47.2 Å². The summed E-state index contributed by atoms with van der Waals surface area (Å²) in [6.45, 7) is 0.845. The number of aromatic nitrogens is 6. The van der Waals surface area contributed by atoms with Gasteiger partial charge < -0.3 is 49.4 Å². The molecule has 8 aromatic rings. The Balaban J connectivity index is 0.000000224. The van der Waals surface area contributed by atoms with Crippen LogP contribution >= 0.6 is 0 Å². The van der Waals surface area contributed by atoms with E-state index in [1.807, 2.05) is 146 Å². The number of aliphatic hydroxyl groups excluding tert-OH is 4. The molecular weight excluding hydrogens is 901 g/mol. The molecule has 0 saturated heterocycles. The standard InChI is InChI=1S/2C27H27N3O4.Ca/c2*31-22(17-23(32)18-24(33)34)13-16-30-26(20-7-3-1-4-8-20)25(19-11-14-28-15-12-19)29-27(30)21-9-5-2-6-10-21;/h2*1-12,14-15,22-23,31-32H,13,16-18H2,(H,33,34);/q;;+2/p-2/t2*22-,23-;/m11./s1. The third kappa shape index (κ3) is 14.3. The number of aliphatic carboxylic acids is 2. The third-order valence-electron chi connectivity index (χ3n) is 11.3. The van der Waals surface area contributed by atoms with Gasteiger partial charge in [0.1, 0.15) is 11.6 Å². The zero-order valence-electron chi connectivity index (χ0n) is 37.9. The van der Waals surface area contributed by atoms with E-state index in [2.05, 4.69) is 19.1 Å². The van der Waals surface area contributed by atoms with Gasteiger partial charge in [0.25, 0.3) is 0 Å². The van der Waals surface area contributed by atoms with Crippen molar-refractivity contribution in [3.63, 3.8) is 0 Å². The van der Waals surface area contributed by atoms with E-state index in [1.165, 1.54) is 0 Å². The first-order valence-electron chi connectivity index (χ1n) is 22.4. The van der Waals surface area contributed by atoms with Gasteiger partial charge in [-0.3, -0.25) is 9.97 Å². The summed E-state index contributed by atoms with van der Waals surface area (Å²) >= 11 is 0. The Morgan fingerprint density at radius 2 is 0.739 bits per heavy atom. The summed E-state index contributed by atoms with van der Waals surface area (Å²) in [7, 11) is 0. The van der Waals surface area contributed by atoms with Crippen LogP contribution in [0.1, 0.15) is 38.5 Å². The summed E-state index contributed by atoms with van der Waals surface area (Å²) in [6.07, 6.45) is 2.39. The van der Waals surface area contributed by atoms with Crippen LogP contribution in [0.5, 0.6) is 0 Å². The Kier molecular flexibility index (Phi) is 19.5. The molecule has 0 aliphatic heterocycles. The van der Waals surface area contributed by atoms with Crippen LogP contribution < -0.4 is 10.2 Å². The second kappa shape index (κ2) is 25.8. The van der Waals surface area contributed by atoms with E-state index in [0.29, 0.717) is 25.9 Å². The number of aliphatic hydroxyl groups is 4. The summed E-state index contributed by atoms with van der Waals surface area (Å²) in [5, 5.41) is 62.3. The molecule has 0 saturated carbocycles. The SMILES string of the molecule is O=C([O-])C[C@H](O)C[C@H](O)CCn1c(-c2ccccc2)nc(-c2ccncc2)c1-c1ccccc1.O=C([O-])C[C@H](O)C[C@H](O)CCn1c(-c2ccccc2)nc(-c2ccncc2)c1-c1ccccc1.[Ca+2]. The van der Waals surface area contributed by atoms with Crippen molar-refractivity contribution >= 4 is 49.7 Å². The molecular formula is C54H52CaN6O8. The number of carbonyl (C=O) groups is 2. The summed E-state index contributed by atoms with van der Waals surface area (Å²) in [6, 6.07) is 47.2. The number of hydrogen-bond donors (Lipinski definition) is 4. The molecule has 4 N–H and O–H groups in total. The molecule has 4 atom stereocenters. The molecule has 0 unspecified atom stereocenters. The fraction of sp³-hybridized carbons (Fsp3) is 0.222. The average molecular weight is 953 g/mol. The summed E-state index contributed by atoms with van der Waals surface area (Å²) in [5.41, 5.74) is 9.12. The first kappa shape index (κ1) is 52.0. The van der Waals surface area contributed by atoms with Gasteiger partial charge in [0.2, 0.25) is 0 Å². The maximum atomic E-state index is 10.7. The van der Waals surface area contributed by atoms with Crippen LogP contribution in [0.2, 0.25) is 0 Å². The minimum atomic E-state index is -1.34. The van der Waals surface area contributed by atoms with E-state index >= 15 is 0 Å². The van der Waals surface area contributed by atoms with Crippen LogP contribution in [0.4, 0.5) is 0 Å².